The van der Waals surface area contributed by atoms with Crippen molar-refractivity contribution in [3.8, 4) is 0 Å². The fraction of sp³-hybridized carbons (Fsp3) is 0. The summed E-state index contributed by atoms with van der Waals surface area (Å²) in [4.78, 5) is 0. The molecule has 0 atom stereocenters. The van der Waals surface area contributed by atoms with Crippen LogP contribution in [0.1, 0.15) is 0 Å². The minimum Gasteiger partial charge on any atom is -1.00 e. The predicted octanol–water partition coefficient (Wildman–Crippen LogP) is -5.95. The van der Waals surface area contributed by atoms with Crippen LogP contribution in [0.3, 0.4) is 0 Å². The van der Waals surface area contributed by atoms with Crippen LogP contribution in [0, 0.1) is 0 Å². The summed E-state index contributed by atoms with van der Waals surface area (Å²) in [6, 6.07) is 0. The van der Waals surface area contributed by atoms with Crippen LogP contribution < -0.4 is 63.8 Å². The van der Waals surface area contributed by atoms with Crippen molar-refractivity contribution in [2.75, 3.05) is 0 Å². The zero-order chi connectivity index (χ0) is 2.00. The van der Waals surface area contributed by atoms with E-state index in [9.17, 15) is 0 Å². The first kappa shape index (κ1) is 16.8. The second-order valence-corrected chi connectivity index (χ2v) is 0. The van der Waals surface area contributed by atoms with Crippen molar-refractivity contribution in [2.24, 2.45) is 0 Å². The van der Waals surface area contributed by atoms with E-state index in [2.05, 4.69) is 8.12 Å². The Hall–Kier alpha value is 1.92. The topological polar surface area (TPSA) is 0 Å². The van der Waals surface area contributed by atoms with Gasteiger partial charge in [0, 0.05) is 0 Å². The minimum absolute atomic E-state index is 0. The molecular weight excluding hydrogens is 104 g/mol. The van der Waals surface area contributed by atoms with Crippen molar-refractivity contribution in [2.45, 2.75) is 0 Å². The van der Waals surface area contributed by atoms with E-state index < -0.39 is 0 Å². The molecule has 0 aromatic carbocycles. The molecule has 0 heterocycles. The molecule has 0 aliphatic heterocycles. The maximum atomic E-state index is 9.00. The van der Waals surface area contributed by atoms with E-state index in [1.165, 1.54) is 0 Å². The van der Waals surface area contributed by atoms with E-state index in [1.807, 2.05) is 0 Å². The molecule has 0 rings (SSSR count). The SMILES string of the molecule is [B]F.[Cl-].[K+]. The molecule has 0 saturated carbocycles. The number of rotatable bonds is 0. The molecule has 18 valence electrons. The summed E-state index contributed by atoms with van der Waals surface area (Å²) in [5.41, 5.74) is 0. The summed E-state index contributed by atoms with van der Waals surface area (Å²) in [5, 5.41) is 0. The van der Waals surface area contributed by atoms with Gasteiger partial charge in [-0.1, -0.05) is 0 Å². The average Bonchev–Trinajstić information content (AvgIpc) is 1.00. The molecule has 4 heteroatoms. The van der Waals surface area contributed by atoms with Gasteiger partial charge in [-0.3, -0.25) is 0 Å². The Morgan fingerprint density at radius 1 is 1.25 bits per heavy atom. The predicted molar refractivity (Wildman–Crippen MR) is 6.86 cm³/mol. The summed E-state index contributed by atoms with van der Waals surface area (Å²) >= 11 is 0. The van der Waals surface area contributed by atoms with Gasteiger partial charge in [0.15, 0.2) is 0 Å². The molecule has 2 radical (unpaired) electrons. The Morgan fingerprint density at radius 2 is 1.25 bits per heavy atom. The molecule has 0 unspecified atom stereocenters. The maximum absolute atomic E-state index is 9.00. The fourth-order valence-electron chi connectivity index (χ4n) is 0. The van der Waals surface area contributed by atoms with Crippen LogP contribution in [-0.4, -0.2) is 8.12 Å². The monoisotopic (exact) mass is 104 g/mol. The van der Waals surface area contributed by atoms with Crippen LogP contribution in [-0.2, 0) is 0 Å². The van der Waals surface area contributed by atoms with Crippen molar-refractivity contribution in [1.29, 1.82) is 0 Å². The molecular formula is BClFK. The molecule has 0 aromatic rings. The molecule has 0 aliphatic rings. The zero-order valence-electron chi connectivity index (χ0n) is 2.33. The van der Waals surface area contributed by atoms with Crippen molar-refractivity contribution in [3.63, 3.8) is 0 Å². The third-order valence-corrected chi connectivity index (χ3v) is 0. The smallest absolute Gasteiger partial charge is 1.00 e. The molecule has 4 heavy (non-hydrogen) atoms. The van der Waals surface area contributed by atoms with Crippen molar-refractivity contribution >= 4 is 8.12 Å². The van der Waals surface area contributed by atoms with Gasteiger partial charge in [0.2, 0.25) is 0 Å². The van der Waals surface area contributed by atoms with Crippen LogP contribution in [0.5, 0.6) is 0 Å². The van der Waals surface area contributed by atoms with Gasteiger partial charge in [0.05, 0.1) is 0 Å². The van der Waals surface area contributed by atoms with Crippen LogP contribution >= 0.6 is 0 Å². The number of hydrogen-bond donors (Lipinski definition) is 0. The Balaban J connectivity index is -0.00000000500. The molecule has 0 N–H and O–H groups in total. The third-order valence-electron chi connectivity index (χ3n) is 0. The molecule has 0 nitrogen and oxygen atoms in total. The maximum Gasteiger partial charge on any atom is 1.00 e. The Morgan fingerprint density at radius 3 is 1.25 bits per heavy atom. The van der Waals surface area contributed by atoms with Gasteiger partial charge in [-0.15, -0.1) is 0 Å². The van der Waals surface area contributed by atoms with Gasteiger partial charge < -0.3 is 16.7 Å². The normalized spacial score (nSPS) is 1.25. The number of halogens is 2. The third kappa shape index (κ3) is 9.07. The molecule has 0 bridgehead atoms. The van der Waals surface area contributed by atoms with Crippen LogP contribution in [0.25, 0.3) is 0 Å². The molecule has 0 spiro atoms. The van der Waals surface area contributed by atoms with Crippen LogP contribution in [0.2, 0.25) is 0 Å². The average molecular weight is 104 g/mol. The Kier molecular flexibility index (Phi) is 86.1. The van der Waals surface area contributed by atoms with E-state index in [4.69, 9.17) is 4.32 Å². The summed E-state index contributed by atoms with van der Waals surface area (Å²) < 4.78 is 9.00. The molecule has 0 fully saturated rings. The van der Waals surface area contributed by atoms with E-state index >= 15 is 0 Å². The van der Waals surface area contributed by atoms with E-state index in [0.29, 0.717) is 0 Å². The quantitative estimate of drug-likeness (QED) is 0.269. The molecule has 0 aliphatic carbocycles. The van der Waals surface area contributed by atoms with Gasteiger partial charge >= 0.3 is 59.5 Å². The Bertz CT molecular complexity index is 8.00. The first-order valence-corrected chi connectivity index (χ1v) is 0.218. The number of hydrogen-bond acceptors (Lipinski definition) is 0. The van der Waals surface area contributed by atoms with Gasteiger partial charge in [0.25, 0.3) is 0 Å². The second kappa shape index (κ2) is 20.5. The minimum atomic E-state index is 0. The molecule has 0 aromatic heterocycles. The standard InChI is InChI=1S/BF.ClH.K/c1-2;;/h;1H;/q;;+1/p-1. The first-order chi connectivity index (χ1) is 1.00. The van der Waals surface area contributed by atoms with E-state index in [0.717, 1.165) is 0 Å². The Labute approximate surface area is 74.8 Å². The van der Waals surface area contributed by atoms with Crippen LogP contribution in [0.4, 0.5) is 4.32 Å². The van der Waals surface area contributed by atoms with Crippen molar-refractivity contribution < 1.29 is 68.1 Å². The van der Waals surface area contributed by atoms with Gasteiger partial charge in [0.1, 0.15) is 0 Å². The summed E-state index contributed by atoms with van der Waals surface area (Å²) in [7, 11) is 3.00. The van der Waals surface area contributed by atoms with Gasteiger partial charge in [-0.2, -0.15) is 0 Å². The van der Waals surface area contributed by atoms with Gasteiger partial charge in [-0.05, 0) is 0 Å². The largest absolute Gasteiger partial charge is 1.00 e. The van der Waals surface area contributed by atoms with Crippen molar-refractivity contribution in [3.05, 3.63) is 0 Å². The molecule has 0 amide bonds. The molecule has 0 saturated heterocycles. The first-order valence-electron chi connectivity index (χ1n) is 0.218. The van der Waals surface area contributed by atoms with E-state index in [-0.39, 0.29) is 63.8 Å². The fourth-order valence-corrected chi connectivity index (χ4v) is 0. The van der Waals surface area contributed by atoms with Gasteiger partial charge in [-0.25, -0.2) is 0 Å². The van der Waals surface area contributed by atoms with Crippen LogP contribution in [0.15, 0.2) is 0 Å². The summed E-state index contributed by atoms with van der Waals surface area (Å²) in [6.07, 6.45) is 0. The second-order valence-electron chi connectivity index (χ2n) is 0. The van der Waals surface area contributed by atoms with E-state index in [1.54, 1.807) is 0 Å². The summed E-state index contributed by atoms with van der Waals surface area (Å²) in [6.45, 7) is 0. The summed E-state index contributed by atoms with van der Waals surface area (Å²) in [5.74, 6) is 0. The zero-order valence-corrected chi connectivity index (χ0v) is 6.21. The van der Waals surface area contributed by atoms with Crippen molar-refractivity contribution in [1.82, 2.24) is 0 Å².